The van der Waals surface area contributed by atoms with Gasteiger partial charge in [0.1, 0.15) is 5.56 Å². The Morgan fingerprint density at radius 1 is 1.03 bits per heavy atom. The molecule has 1 amide bonds. The highest BCUT2D eigenvalue weighted by molar-refractivity contribution is 5.99. The first-order valence-electron chi connectivity index (χ1n) is 8.63. The van der Waals surface area contributed by atoms with E-state index < -0.39 is 21.4 Å². The second kappa shape index (κ2) is 9.88. The molecule has 0 aliphatic carbocycles. The number of nitro benzene ring substituents is 2. The van der Waals surface area contributed by atoms with Crippen LogP contribution in [0.5, 0.6) is 11.5 Å². The van der Waals surface area contributed by atoms with Gasteiger partial charge in [-0.05, 0) is 19.1 Å². The fraction of sp³-hybridized carbons (Fsp3) is 0.278. The molecule has 11 nitrogen and oxygen atoms in total. The number of nitro groups is 2. The zero-order chi connectivity index (χ0) is 21.4. The molecule has 2 aromatic carbocycles. The smallest absolute Gasteiger partial charge is 0.286 e. The summed E-state index contributed by atoms with van der Waals surface area (Å²) >= 11 is 0. The summed E-state index contributed by atoms with van der Waals surface area (Å²) in [7, 11) is 1.37. The minimum Gasteiger partial charge on any atom is -0.493 e. The van der Waals surface area contributed by atoms with Gasteiger partial charge >= 0.3 is 0 Å². The molecule has 0 heterocycles. The van der Waals surface area contributed by atoms with Gasteiger partial charge in [-0.15, -0.1) is 0 Å². The fourth-order valence-electron chi connectivity index (χ4n) is 2.49. The summed E-state index contributed by atoms with van der Waals surface area (Å²) in [6.45, 7) is 2.49. The summed E-state index contributed by atoms with van der Waals surface area (Å²) in [4.78, 5) is 33.2. The number of non-ortho nitro benzene ring substituents is 1. The number of carbonyl (C=O) groups is 1. The van der Waals surface area contributed by atoms with Crippen LogP contribution in [-0.4, -0.2) is 42.6 Å². The maximum absolute atomic E-state index is 12.4. The van der Waals surface area contributed by atoms with E-state index in [4.69, 9.17) is 9.47 Å². The summed E-state index contributed by atoms with van der Waals surface area (Å²) in [5.74, 6) is -0.242. The van der Waals surface area contributed by atoms with Crippen LogP contribution in [0, 0.1) is 20.2 Å². The van der Waals surface area contributed by atoms with Gasteiger partial charge in [0.25, 0.3) is 17.3 Å². The topological polar surface area (TPSA) is 146 Å². The van der Waals surface area contributed by atoms with Gasteiger partial charge in [-0.25, -0.2) is 0 Å². The molecule has 0 saturated carbocycles. The summed E-state index contributed by atoms with van der Waals surface area (Å²) < 4.78 is 10.5. The standard InChI is InChI=1S/C18H20N4O7/c1-3-29-17-11-15(22(26)27)14(10-16(17)28-2)18(23)20-9-8-19-12-4-6-13(7-5-12)21(24)25/h4-7,10-11,19H,3,8-9H2,1-2H3,(H,20,23). The van der Waals surface area contributed by atoms with E-state index in [1.165, 1.54) is 25.3 Å². The van der Waals surface area contributed by atoms with Crippen LogP contribution in [0.2, 0.25) is 0 Å². The molecule has 0 aliphatic heterocycles. The second-order valence-corrected chi connectivity index (χ2v) is 5.70. The van der Waals surface area contributed by atoms with E-state index >= 15 is 0 Å². The van der Waals surface area contributed by atoms with E-state index in [9.17, 15) is 25.0 Å². The van der Waals surface area contributed by atoms with Crippen molar-refractivity contribution in [3.63, 3.8) is 0 Å². The number of methoxy groups -OCH3 is 1. The van der Waals surface area contributed by atoms with Crippen LogP contribution in [0.1, 0.15) is 17.3 Å². The number of hydrogen-bond donors (Lipinski definition) is 2. The molecule has 2 rings (SSSR count). The summed E-state index contributed by atoms with van der Waals surface area (Å²) in [6, 6.07) is 8.23. The lowest BCUT2D eigenvalue weighted by Gasteiger charge is -2.12. The fourth-order valence-corrected chi connectivity index (χ4v) is 2.49. The normalized spacial score (nSPS) is 10.1. The Labute approximate surface area is 165 Å². The Hall–Kier alpha value is -3.89. The monoisotopic (exact) mass is 404 g/mol. The van der Waals surface area contributed by atoms with E-state index in [1.807, 2.05) is 0 Å². The quantitative estimate of drug-likeness (QED) is 0.349. The van der Waals surface area contributed by atoms with E-state index in [-0.39, 0.29) is 35.9 Å². The lowest BCUT2D eigenvalue weighted by Crippen LogP contribution is -2.29. The molecular weight excluding hydrogens is 384 g/mol. The molecule has 0 atom stereocenters. The van der Waals surface area contributed by atoms with Gasteiger partial charge in [-0.2, -0.15) is 0 Å². The third kappa shape index (κ3) is 5.54. The van der Waals surface area contributed by atoms with Gasteiger partial charge in [-0.3, -0.25) is 25.0 Å². The zero-order valence-electron chi connectivity index (χ0n) is 15.8. The van der Waals surface area contributed by atoms with Gasteiger partial charge in [-0.1, -0.05) is 0 Å². The van der Waals surface area contributed by atoms with Crippen LogP contribution >= 0.6 is 0 Å². The lowest BCUT2D eigenvalue weighted by molar-refractivity contribution is -0.385. The molecular formula is C18H20N4O7. The van der Waals surface area contributed by atoms with E-state index in [2.05, 4.69) is 10.6 Å². The number of ether oxygens (including phenoxy) is 2. The molecule has 11 heteroatoms. The molecule has 0 saturated heterocycles. The average Bonchev–Trinajstić information content (AvgIpc) is 2.71. The van der Waals surface area contributed by atoms with Gasteiger partial charge in [0.15, 0.2) is 11.5 Å². The Kier molecular flexibility index (Phi) is 7.29. The first-order chi connectivity index (χ1) is 13.9. The van der Waals surface area contributed by atoms with Crippen molar-refractivity contribution in [1.29, 1.82) is 0 Å². The molecule has 0 spiro atoms. The minimum atomic E-state index is -0.661. The molecule has 0 aromatic heterocycles. The van der Waals surface area contributed by atoms with Crippen molar-refractivity contribution in [3.8, 4) is 11.5 Å². The van der Waals surface area contributed by atoms with Crippen LogP contribution in [0.15, 0.2) is 36.4 Å². The Morgan fingerprint density at radius 2 is 1.72 bits per heavy atom. The third-order valence-electron chi connectivity index (χ3n) is 3.84. The van der Waals surface area contributed by atoms with Crippen molar-refractivity contribution in [2.45, 2.75) is 6.92 Å². The van der Waals surface area contributed by atoms with Crippen LogP contribution in [-0.2, 0) is 0 Å². The van der Waals surface area contributed by atoms with Gasteiger partial charge in [0, 0.05) is 37.0 Å². The van der Waals surface area contributed by atoms with Crippen LogP contribution in [0.4, 0.5) is 17.1 Å². The Bertz CT molecular complexity index is 900. The number of rotatable bonds is 10. The molecule has 0 aliphatic rings. The number of nitrogens with zero attached hydrogens (tertiary/aromatic N) is 2. The van der Waals surface area contributed by atoms with Crippen molar-refractivity contribution in [3.05, 3.63) is 62.2 Å². The summed E-state index contributed by atoms with van der Waals surface area (Å²) in [6.07, 6.45) is 0. The molecule has 2 N–H and O–H groups in total. The maximum Gasteiger partial charge on any atom is 0.286 e. The van der Waals surface area contributed by atoms with Crippen molar-refractivity contribution in [2.75, 3.05) is 32.1 Å². The van der Waals surface area contributed by atoms with Crippen LogP contribution < -0.4 is 20.1 Å². The number of nitrogens with one attached hydrogen (secondary N) is 2. The molecule has 0 unspecified atom stereocenters. The van der Waals surface area contributed by atoms with Gasteiger partial charge in [0.05, 0.1) is 29.6 Å². The van der Waals surface area contributed by atoms with E-state index in [0.717, 1.165) is 6.07 Å². The van der Waals surface area contributed by atoms with Crippen molar-refractivity contribution < 1.29 is 24.1 Å². The third-order valence-corrected chi connectivity index (χ3v) is 3.84. The predicted molar refractivity (Wildman–Crippen MR) is 105 cm³/mol. The number of benzene rings is 2. The van der Waals surface area contributed by atoms with E-state index in [1.54, 1.807) is 19.1 Å². The average molecular weight is 404 g/mol. The van der Waals surface area contributed by atoms with Crippen molar-refractivity contribution in [1.82, 2.24) is 5.32 Å². The predicted octanol–water partition coefficient (Wildman–Crippen LogP) is 2.75. The molecule has 0 radical (unpaired) electrons. The molecule has 154 valence electrons. The number of amides is 1. The summed E-state index contributed by atoms with van der Waals surface area (Å²) in [5, 5.41) is 27.5. The Morgan fingerprint density at radius 3 is 2.28 bits per heavy atom. The van der Waals surface area contributed by atoms with E-state index in [0.29, 0.717) is 12.2 Å². The van der Waals surface area contributed by atoms with Gasteiger partial charge < -0.3 is 20.1 Å². The number of carbonyl (C=O) groups excluding carboxylic acids is 1. The number of anilines is 1. The van der Waals surface area contributed by atoms with Crippen molar-refractivity contribution >= 4 is 23.0 Å². The molecule has 0 fully saturated rings. The zero-order valence-corrected chi connectivity index (χ0v) is 15.8. The highest BCUT2D eigenvalue weighted by Gasteiger charge is 2.24. The maximum atomic E-state index is 12.4. The molecule has 0 bridgehead atoms. The number of hydrogen-bond acceptors (Lipinski definition) is 8. The SMILES string of the molecule is CCOc1cc([N+](=O)[O-])c(C(=O)NCCNc2ccc([N+](=O)[O-])cc2)cc1OC. The first-order valence-corrected chi connectivity index (χ1v) is 8.63. The lowest BCUT2D eigenvalue weighted by atomic mass is 10.1. The highest BCUT2D eigenvalue weighted by atomic mass is 16.6. The highest BCUT2D eigenvalue weighted by Crippen LogP contribution is 2.34. The molecule has 29 heavy (non-hydrogen) atoms. The first kappa shape index (κ1) is 21.4. The summed E-state index contributed by atoms with van der Waals surface area (Å²) in [5.41, 5.74) is 0.0693. The van der Waals surface area contributed by atoms with Crippen LogP contribution in [0.25, 0.3) is 0 Å². The molecule has 2 aromatic rings. The largest absolute Gasteiger partial charge is 0.493 e. The second-order valence-electron chi connectivity index (χ2n) is 5.70. The van der Waals surface area contributed by atoms with Crippen molar-refractivity contribution in [2.24, 2.45) is 0 Å². The Balaban J connectivity index is 2.02. The minimum absolute atomic E-state index is 0.0272. The van der Waals surface area contributed by atoms with Gasteiger partial charge in [0.2, 0.25) is 0 Å². The van der Waals surface area contributed by atoms with Crippen LogP contribution in [0.3, 0.4) is 0 Å².